The topological polar surface area (TPSA) is 9.23 Å². The number of benzene rings is 1. The predicted octanol–water partition coefficient (Wildman–Crippen LogP) is 3.73. The third kappa shape index (κ3) is 3.95. The molecule has 0 radical (unpaired) electrons. The minimum absolute atomic E-state index is 0.458. The zero-order chi connectivity index (χ0) is 17.0. The number of alkyl halides is 7. The van der Waals surface area contributed by atoms with Crippen molar-refractivity contribution in [3.05, 3.63) is 41.1 Å². The maximum atomic E-state index is 13.6. The van der Waals surface area contributed by atoms with Crippen molar-refractivity contribution >= 4 is 19.4 Å². The molecule has 0 heterocycles. The third-order valence-electron chi connectivity index (χ3n) is 2.40. The van der Waals surface area contributed by atoms with Crippen molar-refractivity contribution in [2.45, 2.75) is 24.9 Å². The Morgan fingerprint density at radius 1 is 1.05 bits per heavy atom. The molecule has 124 valence electrons. The number of allylic oxidation sites excluding steroid dienone is 1. The van der Waals surface area contributed by atoms with Crippen LogP contribution in [0.4, 0.5) is 30.7 Å². The first kappa shape index (κ1) is 18.8. The predicted molar refractivity (Wildman–Crippen MR) is 67.5 cm³/mol. The van der Waals surface area contributed by atoms with E-state index in [1.807, 2.05) is 0 Å². The van der Waals surface area contributed by atoms with E-state index in [9.17, 15) is 30.7 Å². The fraction of sp³-hybridized carbons (Fsp3) is 0.385. The molecule has 22 heavy (non-hydrogen) atoms. The van der Waals surface area contributed by atoms with E-state index in [-0.39, 0.29) is 0 Å². The van der Waals surface area contributed by atoms with Crippen LogP contribution in [0, 0.1) is 0 Å². The van der Waals surface area contributed by atoms with E-state index in [2.05, 4.69) is 4.74 Å². The van der Waals surface area contributed by atoms with Crippen LogP contribution < -0.4 is 4.46 Å². The Morgan fingerprint density at radius 2 is 1.59 bits per heavy atom. The second-order valence-electron chi connectivity index (χ2n) is 3.99. The number of hydrogen-bond donors (Lipinski definition) is 0. The van der Waals surface area contributed by atoms with Crippen molar-refractivity contribution < 1.29 is 35.5 Å². The summed E-state index contributed by atoms with van der Waals surface area (Å²) in [6, 6.07) is 7.92. The fourth-order valence-electron chi connectivity index (χ4n) is 1.31. The number of ether oxygens (including phenoxy) is 1. The molecular weight excluding hydrogens is 384 g/mol. The summed E-state index contributed by atoms with van der Waals surface area (Å²) in [6.07, 6.45) is -6.38. The molecule has 0 spiro atoms. The van der Waals surface area contributed by atoms with Crippen LogP contribution >= 0.6 is 0 Å². The summed E-state index contributed by atoms with van der Waals surface area (Å²) in [5.41, 5.74) is 0. The quantitative estimate of drug-likeness (QED) is 0.405. The van der Waals surface area contributed by atoms with Crippen LogP contribution in [0.2, 0.25) is 0 Å². The molecule has 0 aliphatic heterocycles. The van der Waals surface area contributed by atoms with Crippen molar-refractivity contribution in [1.82, 2.24) is 0 Å². The molecule has 0 amide bonds. The van der Waals surface area contributed by atoms with Crippen molar-refractivity contribution in [3.63, 3.8) is 0 Å². The van der Waals surface area contributed by atoms with Gasteiger partial charge in [-0.25, -0.2) is 0 Å². The van der Waals surface area contributed by atoms with Gasteiger partial charge in [-0.3, -0.25) is 0 Å². The summed E-state index contributed by atoms with van der Waals surface area (Å²) in [7, 11) is 0. The van der Waals surface area contributed by atoms with Gasteiger partial charge in [-0.05, 0) is 0 Å². The molecular formula is C13H11F7OSe. The summed E-state index contributed by atoms with van der Waals surface area (Å²) in [5.74, 6) is -13.4. The SMILES string of the molecule is CCO/C(=C/[Se]c1ccccc1)C(F)(F)C(F)(F)C(F)(F)F. The van der Waals surface area contributed by atoms with Gasteiger partial charge in [-0.2, -0.15) is 0 Å². The molecule has 1 aromatic carbocycles. The van der Waals surface area contributed by atoms with E-state index in [1.54, 1.807) is 30.3 Å². The van der Waals surface area contributed by atoms with Crippen LogP contribution in [0.5, 0.6) is 0 Å². The van der Waals surface area contributed by atoms with Gasteiger partial charge in [0.2, 0.25) is 0 Å². The van der Waals surface area contributed by atoms with Gasteiger partial charge < -0.3 is 0 Å². The van der Waals surface area contributed by atoms with Gasteiger partial charge in [0.1, 0.15) is 0 Å². The van der Waals surface area contributed by atoms with Crippen LogP contribution in [0.25, 0.3) is 0 Å². The number of halogens is 7. The minimum atomic E-state index is -6.38. The first-order valence-corrected chi connectivity index (χ1v) is 7.76. The standard InChI is InChI=1S/C13H11F7OSe/c1-2-21-10(8-22-9-6-4-3-5-7-9)11(14,15)12(16,17)13(18,19)20/h3-8H,2H2,1H3/b10-8+. The molecule has 0 saturated carbocycles. The Kier molecular flexibility index (Phi) is 5.92. The van der Waals surface area contributed by atoms with E-state index in [1.165, 1.54) is 6.92 Å². The van der Waals surface area contributed by atoms with Crippen LogP contribution in [0.15, 0.2) is 41.1 Å². The molecule has 0 fully saturated rings. The van der Waals surface area contributed by atoms with Gasteiger partial charge in [0.15, 0.2) is 0 Å². The average Bonchev–Trinajstić information content (AvgIpc) is 2.43. The molecule has 0 aliphatic carbocycles. The van der Waals surface area contributed by atoms with Gasteiger partial charge >= 0.3 is 128 Å². The van der Waals surface area contributed by atoms with Crippen LogP contribution in [0.1, 0.15) is 6.92 Å². The molecule has 1 aromatic rings. The fourth-order valence-corrected chi connectivity index (χ4v) is 2.93. The maximum absolute atomic E-state index is 13.6. The molecule has 0 saturated heterocycles. The summed E-state index contributed by atoms with van der Waals surface area (Å²) in [5, 5.41) is 0. The Labute approximate surface area is 128 Å². The molecule has 0 atom stereocenters. The molecule has 1 nitrogen and oxygen atoms in total. The third-order valence-corrected chi connectivity index (χ3v) is 4.24. The van der Waals surface area contributed by atoms with Crippen LogP contribution in [0.3, 0.4) is 0 Å². The van der Waals surface area contributed by atoms with Gasteiger partial charge in [0.25, 0.3) is 0 Å². The van der Waals surface area contributed by atoms with E-state index >= 15 is 0 Å². The number of rotatable bonds is 6. The van der Waals surface area contributed by atoms with Crippen LogP contribution in [-0.2, 0) is 4.74 Å². The summed E-state index contributed by atoms with van der Waals surface area (Å²) < 4.78 is 94.7. The van der Waals surface area contributed by atoms with Gasteiger partial charge in [-0.15, -0.1) is 0 Å². The number of hydrogen-bond acceptors (Lipinski definition) is 1. The molecule has 0 unspecified atom stereocenters. The Balaban J connectivity index is 3.12. The summed E-state index contributed by atoms with van der Waals surface area (Å²) in [4.78, 5) is 0.603. The van der Waals surface area contributed by atoms with E-state index in [0.717, 1.165) is 0 Å². The summed E-state index contributed by atoms with van der Waals surface area (Å²) >= 11 is -0.878. The van der Waals surface area contributed by atoms with Crippen molar-refractivity contribution in [1.29, 1.82) is 0 Å². The first-order chi connectivity index (χ1) is 10.0. The monoisotopic (exact) mass is 396 g/mol. The van der Waals surface area contributed by atoms with E-state index in [0.29, 0.717) is 9.44 Å². The Morgan fingerprint density at radius 3 is 2.05 bits per heavy atom. The van der Waals surface area contributed by atoms with E-state index in [4.69, 9.17) is 0 Å². The zero-order valence-electron chi connectivity index (χ0n) is 11.1. The summed E-state index contributed by atoms with van der Waals surface area (Å²) in [6.45, 7) is 0.755. The van der Waals surface area contributed by atoms with Crippen LogP contribution in [-0.4, -0.2) is 39.6 Å². The van der Waals surface area contributed by atoms with E-state index < -0.39 is 45.3 Å². The van der Waals surface area contributed by atoms with Crippen molar-refractivity contribution in [2.75, 3.05) is 6.61 Å². The second kappa shape index (κ2) is 6.91. The molecule has 0 N–H and O–H groups in total. The Bertz CT molecular complexity index is 511. The average molecular weight is 395 g/mol. The van der Waals surface area contributed by atoms with Crippen molar-refractivity contribution in [3.8, 4) is 0 Å². The van der Waals surface area contributed by atoms with Gasteiger partial charge in [0.05, 0.1) is 0 Å². The molecule has 0 aromatic heterocycles. The molecule has 0 bridgehead atoms. The second-order valence-corrected chi connectivity index (χ2v) is 5.97. The van der Waals surface area contributed by atoms with Gasteiger partial charge in [-0.1, -0.05) is 0 Å². The molecule has 1 rings (SSSR count). The van der Waals surface area contributed by atoms with Crippen molar-refractivity contribution in [2.24, 2.45) is 0 Å². The normalized spacial score (nSPS) is 14.1. The molecule has 9 heteroatoms. The Hall–Kier alpha value is -1.21. The molecule has 0 aliphatic rings. The zero-order valence-corrected chi connectivity index (χ0v) is 12.8. The first-order valence-electron chi connectivity index (χ1n) is 5.91. The van der Waals surface area contributed by atoms with Gasteiger partial charge in [0, 0.05) is 0 Å².